The van der Waals surface area contributed by atoms with Gasteiger partial charge < -0.3 is 15.2 Å². The molecule has 3 aromatic heterocycles. The van der Waals surface area contributed by atoms with Crippen molar-refractivity contribution < 1.29 is 4.79 Å². The minimum absolute atomic E-state index is 0.0351. The van der Waals surface area contributed by atoms with Gasteiger partial charge in [0.25, 0.3) is 5.91 Å². The zero-order valence-electron chi connectivity index (χ0n) is 18.1. The highest BCUT2D eigenvalue weighted by molar-refractivity contribution is 5.95. The molecule has 1 saturated carbocycles. The maximum Gasteiger partial charge on any atom is 0.251 e. The number of anilines is 1. The van der Waals surface area contributed by atoms with Crippen molar-refractivity contribution in [1.29, 1.82) is 0 Å². The number of fused-ring (bicyclic) bond motifs is 1. The maximum atomic E-state index is 12.3. The standard InChI is InChI=1S/C24H25N7O/c1-15(2)31-14-27-20-22(26-13-16-4-3-11-25-12-16)29-21(30-23(20)31)17-5-7-18(8-6-17)24(32)28-19-9-10-19/h3-8,11-12,14-15,19H,9-10,13H2,1-2H3,(H,28,32)(H,26,29,30). The average Bonchev–Trinajstić information content (AvgIpc) is 3.52. The molecule has 8 nitrogen and oxygen atoms in total. The number of carbonyl (C=O) groups is 1. The first kappa shape index (κ1) is 20.1. The number of aromatic nitrogens is 5. The number of amides is 1. The second kappa shape index (κ2) is 8.37. The molecular formula is C24H25N7O. The Morgan fingerprint density at radius 2 is 1.97 bits per heavy atom. The van der Waals surface area contributed by atoms with Gasteiger partial charge in [0, 0.05) is 42.1 Å². The van der Waals surface area contributed by atoms with Crippen molar-refractivity contribution in [2.75, 3.05) is 5.32 Å². The van der Waals surface area contributed by atoms with Crippen LogP contribution in [0.1, 0.15) is 48.7 Å². The molecule has 1 aromatic carbocycles. The van der Waals surface area contributed by atoms with Gasteiger partial charge >= 0.3 is 0 Å². The molecule has 32 heavy (non-hydrogen) atoms. The Balaban J connectivity index is 1.49. The number of nitrogens with one attached hydrogen (secondary N) is 2. The summed E-state index contributed by atoms with van der Waals surface area (Å²) in [5.41, 5.74) is 4.04. The van der Waals surface area contributed by atoms with E-state index in [1.165, 1.54) is 0 Å². The first-order chi connectivity index (χ1) is 15.6. The van der Waals surface area contributed by atoms with Crippen molar-refractivity contribution >= 4 is 22.9 Å². The van der Waals surface area contributed by atoms with Crippen LogP contribution in [0.15, 0.2) is 55.1 Å². The molecule has 3 heterocycles. The van der Waals surface area contributed by atoms with E-state index in [1.807, 2.05) is 47.2 Å². The summed E-state index contributed by atoms with van der Waals surface area (Å²) in [5.74, 6) is 1.22. The van der Waals surface area contributed by atoms with E-state index in [-0.39, 0.29) is 11.9 Å². The van der Waals surface area contributed by atoms with Crippen LogP contribution in [0.4, 0.5) is 5.82 Å². The largest absolute Gasteiger partial charge is 0.364 e. The quantitative estimate of drug-likeness (QED) is 0.463. The van der Waals surface area contributed by atoms with Gasteiger partial charge in [0.1, 0.15) is 5.52 Å². The van der Waals surface area contributed by atoms with Crippen LogP contribution in [-0.4, -0.2) is 36.5 Å². The summed E-state index contributed by atoms with van der Waals surface area (Å²) >= 11 is 0. The Labute approximate surface area is 186 Å². The number of hydrogen-bond acceptors (Lipinski definition) is 6. The molecule has 5 rings (SSSR count). The van der Waals surface area contributed by atoms with Crippen molar-refractivity contribution in [3.8, 4) is 11.4 Å². The third-order valence-corrected chi connectivity index (χ3v) is 5.48. The average molecular weight is 428 g/mol. The van der Waals surface area contributed by atoms with Gasteiger partial charge in [0.05, 0.1) is 6.33 Å². The molecule has 1 amide bonds. The van der Waals surface area contributed by atoms with Crippen molar-refractivity contribution in [3.05, 3.63) is 66.2 Å². The summed E-state index contributed by atoms with van der Waals surface area (Å²) < 4.78 is 2.03. The number of imidazole rings is 1. The van der Waals surface area contributed by atoms with Crippen LogP contribution in [-0.2, 0) is 6.54 Å². The molecule has 0 aliphatic heterocycles. The molecule has 8 heteroatoms. The number of nitrogens with zero attached hydrogens (tertiary/aromatic N) is 5. The van der Waals surface area contributed by atoms with Crippen LogP contribution in [0.25, 0.3) is 22.6 Å². The normalized spacial score (nSPS) is 13.5. The van der Waals surface area contributed by atoms with Crippen LogP contribution in [0.5, 0.6) is 0 Å². The fourth-order valence-corrected chi connectivity index (χ4v) is 3.50. The minimum atomic E-state index is -0.0351. The molecule has 4 aromatic rings. The van der Waals surface area contributed by atoms with Crippen LogP contribution >= 0.6 is 0 Å². The van der Waals surface area contributed by atoms with E-state index in [2.05, 4.69) is 34.4 Å². The Kier molecular flexibility index (Phi) is 5.26. The Bertz CT molecular complexity index is 1240. The van der Waals surface area contributed by atoms with Crippen molar-refractivity contribution in [2.45, 2.75) is 45.3 Å². The zero-order valence-corrected chi connectivity index (χ0v) is 18.1. The van der Waals surface area contributed by atoms with Crippen molar-refractivity contribution in [2.24, 2.45) is 0 Å². The van der Waals surface area contributed by atoms with E-state index in [0.717, 1.165) is 35.1 Å². The first-order valence-corrected chi connectivity index (χ1v) is 10.9. The number of benzene rings is 1. The summed E-state index contributed by atoms with van der Waals surface area (Å²) in [7, 11) is 0. The number of pyridine rings is 1. The lowest BCUT2D eigenvalue weighted by molar-refractivity contribution is 0.0951. The number of rotatable bonds is 7. The lowest BCUT2D eigenvalue weighted by atomic mass is 10.1. The maximum absolute atomic E-state index is 12.3. The Morgan fingerprint density at radius 1 is 1.16 bits per heavy atom. The van der Waals surface area contributed by atoms with Crippen LogP contribution in [0.3, 0.4) is 0 Å². The molecule has 0 spiro atoms. The molecule has 162 valence electrons. The summed E-state index contributed by atoms with van der Waals surface area (Å²) in [6, 6.07) is 11.9. The van der Waals surface area contributed by atoms with Gasteiger partial charge in [0.15, 0.2) is 17.3 Å². The molecule has 1 aliphatic carbocycles. The SMILES string of the molecule is CC(C)n1cnc2c(NCc3cccnc3)nc(-c3ccc(C(=O)NC4CC4)cc3)nc21. The lowest BCUT2D eigenvalue weighted by Crippen LogP contribution is -2.25. The third-order valence-electron chi connectivity index (χ3n) is 5.48. The van der Waals surface area contributed by atoms with Crippen molar-refractivity contribution in [3.63, 3.8) is 0 Å². The second-order valence-corrected chi connectivity index (χ2v) is 8.35. The topological polar surface area (TPSA) is 97.6 Å². The van der Waals surface area contributed by atoms with Gasteiger partial charge in [-0.25, -0.2) is 15.0 Å². The van der Waals surface area contributed by atoms with Crippen LogP contribution < -0.4 is 10.6 Å². The molecule has 0 saturated heterocycles. The van der Waals surface area contributed by atoms with E-state index in [9.17, 15) is 4.79 Å². The van der Waals surface area contributed by atoms with Gasteiger partial charge in [-0.2, -0.15) is 0 Å². The summed E-state index contributed by atoms with van der Waals surface area (Å²) in [4.78, 5) is 30.6. The number of hydrogen-bond donors (Lipinski definition) is 2. The smallest absolute Gasteiger partial charge is 0.251 e. The predicted octanol–water partition coefficient (Wildman–Crippen LogP) is 3.97. The fourth-order valence-electron chi connectivity index (χ4n) is 3.50. The summed E-state index contributed by atoms with van der Waals surface area (Å²) in [5, 5.41) is 6.41. The van der Waals surface area contributed by atoms with E-state index in [0.29, 0.717) is 29.8 Å². The summed E-state index contributed by atoms with van der Waals surface area (Å²) in [6.45, 7) is 4.77. The van der Waals surface area contributed by atoms with Gasteiger partial charge in [-0.1, -0.05) is 18.2 Å². The number of carbonyl (C=O) groups excluding carboxylic acids is 1. The molecule has 1 aliphatic rings. The van der Waals surface area contributed by atoms with E-state index in [4.69, 9.17) is 9.97 Å². The highest BCUT2D eigenvalue weighted by Gasteiger charge is 2.24. The molecule has 1 fully saturated rings. The molecule has 0 atom stereocenters. The van der Waals surface area contributed by atoms with Gasteiger partial charge in [-0.15, -0.1) is 0 Å². The minimum Gasteiger partial charge on any atom is -0.364 e. The van der Waals surface area contributed by atoms with Gasteiger partial charge in [-0.05, 0) is 50.5 Å². The van der Waals surface area contributed by atoms with Crippen molar-refractivity contribution in [1.82, 2.24) is 29.8 Å². The van der Waals surface area contributed by atoms with E-state index >= 15 is 0 Å². The lowest BCUT2D eigenvalue weighted by Gasteiger charge is -2.11. The second-order valence-electron chi connectivity index (χ2n) is 8.35. The highest BCUT2D eigenvalue weighted by Crippen LogP contribution is 2.27. The molecule has 2 N–H and O–H groups in total. The predicted molar refractivity (Wildman–Crippen MR) is 123 cm³/mol. The molecule has 0 radical (unpaired) electrons. The third kappa shape index (κ3) is 4.16. The highest BCUT2D eigenvalue weighted by atomic mass is 16.1. The van der Waals surface area contributed by atoms with E-state index in [1.54, 1.807) is 12.5 Å². The first-order valence-electron chi connectivity index (χ1n) is 10.9. The summed E-state index contributed by atoms with van der Waals surface area (Å²) in [6.07, 6.45) is 7.51. The molecular weight excluding hydrogens is 402 g/mol. The van der Waals surface area contributed by atoms with Crippen LogP contribution in [0, 0.1) is 0 Å². The van der Waals surface area contributed by atoms with Gasteiger partial charge in [-0.3, -0.25) is 9.78 Å². The monoisotopic (exact) mass is 427 g/mol. The zero-order chi connectivity index (χ0) is 22.1. The molecule has 0 unspecified atom stereocenters. The Hall–Kier alpha value is -3.81. The van der Waals surface area contributed by atoms with Gasteiger partial charge in [0.2, 0.25) is 0 Å². The fraction of sp³-hybridized carbons (Fsp3) is 0.292. The molecule has 0 bridgehead atoms. The Morgan fingerprint density at radius 3 is 2.66 bits per heavy atom. The van der Waals surface area contributed by atoms with Crippen LogP contribution in [0.2, 0.25) is 0 Å². The van der Waals surface area contributed by atoms with E-state index < -0.39 is 0 Å².